The van der Waals surface area contributed by atoms with Crippen molar-refractivity contribution < 1.29 is 28.2 Å². The van der Waals surface area contributed by atoms with E-state index in [1.54, 1.807) is 68.2 Å². The number of amides is 2. The molecule has 2 aromatic carbocycles. The first-order chi connectivity index (χ1) is 20.5. The summed E-state index contributed by atoms with van der Waals surface area (Å²) in [6.07, 6.45) is 1.64. The van der Waals surface area contributed by atoms with Crippen LogP contribution in [-0.4, -0.2) is 57.7 Å². The Bertz CT molecular complexity index is 1660. The van der Waals surface area contributed by atoms with Crippen LogP contribution >= 0.6 is 0 Å². The minimum Gasteiger partial charge on any atom is -0.496 e. The van der Waals surface area contributed by atoms with Crippen LogP contribution in [0.25, 0.3) is 0 Å². The molecule has 0 bridgehead atoms. The maximum absolute atomic E-state index is 13.9. The molecule has 0 saturated heterocycles. The van der Waals surface area contributed by atoms with Crippen molar-refractivity contribution in [3.8, 4) is 5.75 Å². The normalized spacial score (nSPS) is 16.0. The van der Waals surface area contributed by atoms with Gasteiger partial charge in [-0.05, 0) is 80.8 Å². The number of hydrogen-bond donors (Lipinski definition) is 2. The van der Waals surface area contributed by atoms with Crippen LogP contribution in [0.3, 0.4) is 0 Å². The molecular formula is C32H34FN5O5. The van der Waals surface area contributed by atoms with Crippen molar-refractivity contribution in [2.45, 2.75) is 46.2 Å². The minimum absolute atomic E-state index is 0.00370. The molecule has 0 fully saturated rings. The first kappa shape index (κ1) is 29.6. The van der Waals surface area contributed by atoms with Crippen molar-refractivity contribution in [2.75, 3.05) is 25.6 Å². The van der Waals surface area contributed by atoms with Gasteiger partial charge in [-0.15, -0.1) is 0 Å². The molecule has 0 spiro atoms. The van der Waals surface area contributed by atoms with Gasteiger partial charge >= 0.3 is 5.97 Å². The first-order valence-electron chi connectivity index (χ1n) is 14.0. The molecule has 1 aliphatic rings. The van der Waals surface area contributed by atoms with Gasteiger partial charge in [0, 0.05) is 24.0 Å². The number of carbonyl (C=O) groups excluding carboxylic acids is 3. The van der Waals surface area contributed by atoms with E-state index < -0.39 is 17.3 Å². The summed E-state index contributed by atoms with van der Waals surface area (Å²) in [6.45, 7) is 7.50. The molecule has 10 nitrogen and oxygen atoms in total. The Balaban J connectivity index is 1.64. The summed E-state index contributed by atoms with van der Waals surface area (Å²) in [6, 6.07) is 12.9. The van der Waals surface area contributed by atoms with Crippen molar-refractivity contribution in [1.29, 1.82) is 0 Å². The average molecular weight is 588 g/mol. The van der Waals surface area contributed by atoms with E-state index in [0.29, 0.717) is 22.6 Å². The van der Waals surface area contributed by atoms with Crippen molar-refractivity contribution in [2.24, 2.45) is 0 Å². The maximum Gasteiger partial charge on any atom is 0.319 e. The average Bonchev–Trinajstić information content (AvgIpc) is 3.63. The number of esters is 1. The monoisotopic (exact) mass is 587 g/mol. The van der Waals surface area contributed by atoms with Crippen molar-refractivity contribution in [1.82, 2.24) is 19.7 Å². The van der Waals surface area contributed by atoms with Crippen molar-refractivity contribution >= 4 is 23.5 Å². The second-order valence-corrected chi connectivity index (χ2v) is 10.9. The number of anilines is 1. The third kappa shape index (κ3) is 5.62. The molecular weight excluding hydrogens is 553 g/mol. The maximum atomic E-state index is 13.9. The second-order valence-electron chi connectivity index (χ2n) is 10.9. The molecule has 0 saturated carbocycles. The van der Waals surface area contributed by atoms with Crippen LogP contribution in [0.5, 0.6) is 5.75 Å². The molecule has 0 radical (unpaired) electrons. The Kier molecular flexibility index (Phi) is 8.08. The van der Waals surface area contributed by atoms with E-state index in [1.165, 1.54) is 17.0 Å². The zero-order chi connectivity index (χ0) is 30.9. The minimum atomic E-state index is -1.36. The number of ether oxygens (including phenoxy) is 2. The van der Waals surface area contributed by atoms with Crippen LogP contribution in [0.2, 0.25) is 0 Å². The summed E-state index contributed by atoms with van der Waals surface area (Å²) in [4.78, 5) is 45.5. The number of carbonyl (C=O) groups is 3. The van der Waals surface area contributed by atoms with Crippen LogP contribution in [-0.2, 0) is 28.0 Å². The van der Waals surface area contributed by atoms with E-state index in [0.717, 1.165) is 22.4 Å². The Morgan fingerprint density at radius 2 is 1.81 bits per heavy atom. The van der Waals surface area contributed by atoms with Crippen LogP contribution in [0.1, 0.15) is 62.8 Å². The molecule has 5 rings (SSSR count). The number of nitrogens with zero attached hydrogens (tertiary/aromatic N) is 3. The lowest BCUT2D eigenvalue weighted by molar-refractivity contribution is -0.150. The number of fused-ring (bicyclic) bond motifs is 1. The quantitative estimate of drug-likeness (QED) is 0.287. The third-order valence-corrected chi connectivity index (χ3v) is 7.65. The standard InChI is InChI=1S/C32H34FN5O5/c1-6-43-31(41)32(4)18-37(30(40)25-8-7-13-34-25)17-24-26(29(39)35-23-14-19(2)27(42-5)20(3)15-23)36-38(28(24)32)16-21-9-11-22(33)12-10-21/h7-15,34H,6,16-18H2,1-5H3,(H,35,39)/t32-/m0/s1. The fraction of sp³-hybridized carbons (Fsp3) is 0.312. The van der Waals surface area contributed by atoms with Crippen molar-refractivity contribution in [3.63, 3.8) is 0 Å². The summed E-state index contributed by atoms with van der Waals surface area (Å²) in [5.41, 5.74) is 2.93. The molecule has 3 heterocycles. The summed E-state index contributed by atoms with van der Waals surface area (Å²) in [5, 5.41) is 7.64. The number of aromatic nitrogens is 3. The summed E-state index contributed by atoms with van der Waals surface area (Å²) in [7, 11) is 1.59. The third-order valence-electron chi connectivity index (χ3n) is 7.65. The van der Waals surface area contributed by atoms with E-state index in [4.69, 9.17) is 14.6 Å². The number of aryl methyl sites for hydroxylation is 2. The number of aromatic amines is 1. The van der Waals surface area contributed by atoms with E-state index in [-0.39, 0.29) is 43.7 Å². The largest absolute Gasteiger partial charge is 0.496 e. The van der Waals surface area contributed by atoms with Gasteiger partial charge in [0.15, 0.2) is 5.69 Å². The highest BCUT2D eigenvalue weighted by Gasteiger charge is 2.49. The fourth-order valence-electron chi connectivity index (χ4n) is 5.79. The van der Waals surface area contributed by atoms with Gasteiger partial charge in [0.2, 0.25) is 0 Å². The number of halogens is 1. The van der Waals surface area contributed by atoms with Gasteiger partial charge < -0.3 is 24.7 Å². The van der Waals surface area contributed by atoms with Gasteiger partial charge in [-0.3, -0.25) is 19.1 Å². The summed E-state index contributed by atoms with van der Waals surface area (Å²) < 4.78 is 26.2. The van der Waals surface area contributed by atoms with Gasteiger partial charge in [-0.25, -0.2) is 4.39 Å². The highest BCUT2D eigenvalue weighted by atomic mass is 19.1. The zero-order valence-corrected chi connectivity index (χ0v) is 24.8. The Labute approximate surface area is 248 Å². The highest BCUT2D eigenvalue weighted by molar-refractivity contribution is 6.05. The molecule has 2 N–H and O–H groups in total. The molecule has 4 aromatic rings. The first-order valence-corrected chi connectivity index (χ1v) is 14.0. The highest BCUT2D eigenvalue weighted by Crippen LogP contribution is 2.38. The lowest BCUT2D eigenvalue weighted by atomic mass is 9.79. The Morgan fingerprint density at radius 1 is 1.12 bits per heavy atom. The van der Waals surface area contributed by atoms with Gasteiger partial charge in [-0.1, -0.05) is 12.1 Å². The Morgan fingerprint density at radius 3 is 2.42 bits per heavy atom. The SMILES string of the molecule is CCOC(=O)[C@@]1(C)CN(C(=O)c2ccc[nH]2)Cc2c(C(=O)Nc3cc(C)c(OC)c(C)c3)nn(Cc3ccc(F)cc3)c21. The smallest absolute Gasteiger partial charge is 0.319 e. The molecule has 224 valence electrons. The van der Waals surface area contributed by atoms with E-state index in [9.17, 15) is 18.8 Å². The van der Waals surface area contributed by atoms with Gasteiger partial charge in [-0.2, -0.15) is 5.10 Å². The molecule has 43 heavy (non-hydrogen) atoms. The predicted octanol–water partition coefficient (Wildman–Crippen LogP) is 4.75. The number of benzene rings is 2. The molecule has 0 unspecified atom stereocenters. The number of hydrogen-bond acceptors (Lipinski definition) is 6. The van der Waals surface area contributed by atoms with E-state index in [1.807, 2.05) is 13.8 Å². The molecule has 1 atom stereocenters. The lowest BCUT2D eigenvalue weighted by Crippen LogP contribution is -2.52. The lowest BCUT2D eigenvalue weighted by Gasteiger charge is -2.39. The molecule has 1 aliphatic heterocycles. The molecule has 2 amide bonds. The predicted molar refractivity (Wildman–Crippen MR) is 158 cm³/mol. The molecule has 0 aliphatic carbocycles. The topological polar surface area (TPSA) is 119 Å². The second kappa shape index (κ2) is 11.7. The summed E-state index contributed by atoms with van der Waals surface area (Å²) >= 11 is 0. The van der Waals surface area contributed by atoms with Crippen LogP contribution in [0.15, 0.2) is 54.7 Å². The molecule has 11 heteroatoms. The molecule has 2 aromatic heterocycles. The summed E-state index contributed by atoms with van der Waals surface area (Å²) in [5.74, 6) is -1.04. The van der Waals surface area contributed by atoms with Gasteiger partial charge in [0.1, 0.15) is 22.7 Å². The van der Waals surface area contributed by atoms with Gasteiger partial charge in [0.05, 0.1) is 32.5 Å². The number of H-pyrrole nitrogens is 1. The van der Waals surface area contributed by atoms with E-state index >= 15 is 0 Å². The van der Waals surface area contributed by atoms with Crippen LogP contribution in [0, 0.1) is 19.7 Å². The van der Waals surface area contributed by atoms with Crippen LogP contribution < -0.4 is 10.1 Å². The number of rotatable bonds is 8. The van der Waals surface area contributed by atoms with Crippen LogP contribution in [0.4, 0.5) is 10.1 Å². The Hall–Kier alpha value is -4.93. The van der Waals surface area contributed by atoms with Gasteiger partial charge in [0.25, 0.3) is 11.8 Å². The number of methoxy groups -OCH3 is 1. The fourth-order valence-corrected chi connectivity index (χ4v) is 5.79. The number of nitrogens with one attached hydrogen (secondary N) is 2. The van der Waals surface area contributed by atoms with E-state index in [2.05, 4.69) is 10.3 Å². The van der Waals surface area contributed by atoms with Crippen molar-refractivity contribution in [3.05, 3.63) is 99.9 Å². The zero-order valence-electron chi connectivity index (χ0n) is 24.8.